The molecule has 3 heterocycles. The van der Waals surface area contributed by atoms with Crippen molar-refractivity contribution < 1.29 is 26.7 Å². The maximum atomic E-state index is 15.0. The maximum Gasteiger partial charge on any atom is 0.185 e. The average molecular weight is 492 g/mol. The zero-order valence-corrected chi connectivity index (χ0v) is 19.9. The lowest BCUT2D eigenvalue weighted by atomic mass is 9.84. The highest BCUT2D eigenvalue weighted by atomic mass is 32.2. The van der Waals surface area contributed by atoms with Crippen molar-refractivity contribution in [3.8, 4) is 0 Å². The Balaban J connectivity index is 1.68. The van der Waals surface area contributed by atoms with Crippen LogP contribution in [0.5, 0.6) is 0 Å². The Kier molecular flexibility index (Phi) is 6.32. The lowest BCUT2D eigenvalue weighted by Gasteiger charge is -2.44. The Morgan fingerprint density at radius 1 is 1.18 bits per heavy atom. The maximum absolute atomic E-state index is 15.0. The number of nitrogens with zero attached hydrogens (tertiary/aromatic N) is 2. The first-order valence-electron chi connectivity index (χ1n) is 11.1. The number of carbonyl (C=O) groups is 1. The molecular formula is C24H27F2N3O4S. The van der Waals surface area contributed by atoms with Gasteiger partial charge in [0.1, 0.15) is 33.4 Å². The van der Waals surface area contributed by atoms with Crippen molar-refractivity contribution in [2.24, 2.45) is 16.6 Å². The van der Waals surface area contributed by atoms with Crippen molar-refractivity contribution in [2.75, 3.05) is 19.0 Å². The second-order valence-electron chi connectivity index (χ2n) is 9.30. The van der Waals surface area contributed by atoms with Crippen LogP contribution < -0.4 is 5.73 Å². The first-order valence-corrected chi connectivity index (χ1v) is 12.7. The Labute approximate surface area is 197 Å². The van der Waals surface area contributed by atoms with Crippen LogP contribution in [0.3, 0.4) is 0 Å². The Bertz CT molecular complexity index is 1240. The van der Waals surface area contributed by atoms with E-state index in [9.17, 15) is 22.0 Å². The number of aliphatic imine (C=N–C) groups is 1. The molecule has 10 heteroatoms. The van der Waals surface area contributed by atoms with E-state index in [1.807, 2.05) is 0 Å². The lowest BCUT2D eigenvalue weighted by Crippen LogP contribution is -2.61. The van der Waals surface area contributed by atoms with Crippen molar-refractivity contribution >= 4 is 21.5 Å². The molecule has 0 aliphatic carbocycles. The molecule has 0 saturated carbocycles. The van der Waals surface area contributed by atoms with Crippen LogP contribution in [0.25, 0.3) is 0 Å². The van der Waals surface area contributed by atoms with Gasteiger partial charge in [-0.3, -0.25) is 14.8 Å². The topological polar surface area (TPSA) is 112 Å². The van der Waals surface area contributed by atoms with Gasteiger partial charge >= 0.3 is 0 Å². The molecular weight excluding hydrogens is 464 g/mol. The normalized spacial score (nSPS) is 27.2. The molecule has 1 saturated heterocycles. The van der Waals surface area contributed by atoms with Gasteiger partial charge < -0.3 is 10.5 Å². The van der Waals surface area contributed by atoms with Crippen LogP contribution in [0.15, 0.2) is 41.5 Å². The van der Waals surface area contributed by atoms with E-state index in [1.54, 1.807) is 6.92 Å². The lowest BCUT2D eigenvalue weighted by molar-refractivity contribution is 0.0609. The van der Waals surface area contributed by atoms with E-state index in [0.717, 1.165) is 12.3 Å². The number of sulfone groups is 1. The highest BCUT2D eigenvalue weighted by Gasteiger charge is 2.56. The van der Waals surface area contributed by atoms with Gasteiger partial charge in [0.2, 0.25) is 0 Å². The first-order chi connectivity index (χ1) is 16.0. The van der Waals surface area contributed by atoms with E-state index < -0.39 is 37.5 Å². The van der Waals surface area contributed by atoms with Gasteiger partial charge in [-0.15, -0.1) is 0 Å². The molecule has 34 heavy (non-hydrogen) atoms. The molecule has 2 N–H and O–H groups in total. The molecule has 7 nitrogen and oxygen atoms in total. The third kappa shape index (κ3) is 4.24. The van der Waals surface area contributed by atoms with Crippen molar-refractivity contribution in [3.05, 3.63) is 65.0 Å². The number of hydrogen-bond donors (Lipinski definition) is 1. The molecule has 1 aromatic heterocycles. The largest absolute Gasteiger partial charge is 0.386 e. The molecule has 0 amide bonds. The summed E-state index contributed by atoms with van der Waals surface area (Å²) in [5, 5.41) is 0. The zero-order chi connectivity index (χ0) is 24.7. The summed E-state index contributed by atoms with van der Waals surface area (Å²) in [6.45, 7) is 4.03. The number of halogens is 2. The third-order valence-corrected chi connectivity index (χ3v) is 9.76. The first kappa shape index (κ1) is 24.4. The average Bonchev–Trinajstić information content (AvgIpc) is 2.79. The van der Waals surface area contributed by atoms with Crippen LogP contribution in [0.2, 0.25) is 0 Å². The fourth-order valence-corrected chi connectivity index (χ4v) is 7.22. The van der Waals surface area contributed by atoms with Gasteiger partial charge in [0.25, 0.3) is 0 Å². The molecule has 2 atom stereocenters. The van der Waals surface area contributed by atoms with Crippen molar-refractivity contribution in [2.45, 2.75) is 43.4 Å². The zero-order valence-electron chi connectivity index (χ0n) is 19.1. The fourth-order valence-electron chi connectivity index (χ4n) is 4.85. The van der Waals surface area contributed by atoms with E-state index in [1.165, 1.54) is 31.2 Å². The molecule has 0 unspecified atom stereocenters. The van der Waals surface area contributed by atoms with Gasteiger partial charge in [-0.1, -0.05) is 6.07 Å². The van der Waals surface area contributed by atoms with E-state index in [0.29, 0.717) is 31.6 Å². The third-order valence-electron chi connectivity index (χ3n) is 6.98. The van der Waals surface area contributed by atoms with Crippen LogP contribution in [0.4, 0.5) is 8.78 Å². The summed E-state index contributed by atoms with van der Waals surface area (Å²) in [6.07, 6.45) is 1.93. The van der Waals surface area contributed by atoms with Gasteiger partial charge in [-0.25, -0.2) is 17.2 Å². The number of amidine groups is 1. The van der Waals surface area contributed by atoms with Crippen LogP contribution in [-0.4, -0.2) is 48.7 Å². The SMILES string of the molecule is C[C@@]1(c2cc(CC(=O)c3ccc(F)cn3)ccc2F)CS(=O)(=O)[C@@](C)(C2CCOCC2)C(N)=N1. The number of ether oxygens (including phenoxy) is 1. The highest BCUT2D eigenvalue weighted by molar-refractivity contribution is 7.93. The van der Waals surface area contributed by atoms with Gasteiger partial charge in [0, 0.05) is 25.2 Å². The van der Waals surface area contributed by atoms with Gasteiger partial charge in [-0.05, 0) is 62.4 Å². The number of ketones is 1. The van der Waals surface area contributed by atoms with Crippen molar-refractivity contribution in [3.63, 3.8) is 0 Å². The minimum absolute atomic E-state index is 0.0375. The number of hydrogen-bond acceptors (Lipinski definition) is 7. The summed E-state index contributed by atoms with van der Waals surface area (Å²) in [4.78, 5) is 20.9. The van der Waals surface area contributed by atoms with E-state index in [-0.39, 0.29) is 35.2 Å². The van der Waals surface area contributed by atoms with E-state index in [2.05, 4.69) is 9.98 Å². The van der Waals surface area contributed by atoms with E-state index in [4.69, 9.17) is 10.5 Å². The molecule has 0 spiro atoms. The van der Waals surface area contributed by atoms with Crippen LogP contribution in [0.1, 0.15) is 48.3 Å². The van der Waals surface area contributed by atoms with Gasteiger partial charge in [0.05, 0.1) is 11.9 Å². The molecule has 2 aliphatic heterocycles. The predicted molar refractivity (Wildman–Crippen MR) is 123 cm³/mol. The monoisotopic (exact) mass is 491 g/mol. The van der Waals surface area contributed by atoms with Crippen molar-refractivity contribution in [1.82, 2.24) is 4.98 Å². The Morgan fingerprint density at radius 2 is 1.88 bits per heavy atom. The number of pyridine rings is 1. The van der Waals surface area contributed by atoms with E-state index >= 15 is 0 Å². The number of rotatable bonds is 5. The van der Waals surface area contributed by atoms with Crippen LogP contribution in [-0.2, 0) is 26.5 Å². The summed E-state index contributed by atoms with van der Waals surface area (Å²) in [5.74, 6) is -2.27. The molecule has 2 aromatic rings. The number of Topliss-reactive ketones (excluding diaryl/α,β-unsaturated/α-hetero) is 1. The Hall–Kier alpha value is -2.72. The standard InChI is InChI=1S/C24H27F2N3O4S/c1-23(14-34(31,32)24(2,22(27)29-23)16-7-9-33-10-8-16)18-11-15(3-5-19(18)26)12-21(30)20-6-4-17(25)13-28-20/h3-6,11,13,16H,7-10,12,14H2,1-2H3,(H2,27,29)/t23-,24-/m0/s1. The summed E-state index contributed by atoms with van der Waals surface area (Å²) < 4.78 is 59.2. The smallest absolute Gasteiger partial charge is 0.185 e. The number of nitrogens with two attached hydrogens (primary N) is 1. The second kappa shape index (κ2) is 8.81. The highest BCUT2D eigenvalue weighted by Crippen LogP contribution is 2.43. The fraction of sp³-hybridized carbons (Fsp3) is 0.458. The summed E-state index contributed by atoms with van der Waals surface area (Å²) in [7, 11) is -3.82. The molecule has 4 rings (SSSR count). The van der Waals surface area contributed by atoms with Gasteiger partial charge in [0.15, 0.2) is 15.6 Å². The molecule has 1 fully saturated rings. The number of carbonyl (C=O) groups excluding carboxylic acids is 1. The Morgan fingerprint density at radius 3 is 2.50 bits per heavy atom. The number of aromatic nitrogens is 1. The quantitative estimate of drug-likeness (QED) is 0.644. The molecule has 0 bridgehead atoms. The minimum atomic E-state index is -3.82. The molecule has 1 aromatic carbocycles. The number of benzene rings is 1. The van der Waals surface area contributed by atoms with Crippen molar-refractivity contribution in [1.29, 1.82) is 0 Å². The van der Waals surface area contributed by atoms with Gasteiger partial charge in [-0.2, -0.15) is 0 Å². The van der Waals surface area contributed by atoms with Crippen LogP contribution in [0, 0.1) is 17.6 Å². The van der Waals surface area contributed by atoms with Crippen LogP contribution >= 0.6 is 0 Å². The summed E-state index contributed by atoms with van der Waals surface area (Å²) >= 11 is 0. The summed E-state index contributed by atoms with van der Waals surface area (Å²) in [6, 6.07) is 6.49. The summed E-state index contributed by atoms with van der Waals surface area (Å²) in [5.41, 5.74) is 5.43. The minimum Gasteiger partial charge on any atom is -0.386 e. The predicted octanol–water partition coefficient (Wildman–Crippen LogP) is 2.97. The molecule has 182 valence electrons. The second-order valence-corrected chi connectivity index (χ2v) is 11.7. The molecule has 0 radical (unpaired) electrons. The molecule has 2 aliphatic rings.